The second-order valence-electron chi connectivity index (χ2n) is 6.52. The smallest absolute Gasteiger partial charge is 0.255 e. The van der Waals surface area contributed by atoms with E-state index < -0.39 is 0 Å². The highest BCUT2D eigenvalue weighted by molar-refractivity contribution is 6.30. The molecule has 4 rings (SSSR count). The van der Waals surface area contributed by atoms with Crippen LogP contribution in [0.4, 0.5) is 0 Å². The fourth-order valence-electron chi connectivity index (χ4n) is 3.16. The number of amides is 1. The van der Waals surface area contributed by atoms with E-state index in [0.29, 0.717) is 28.8 Å². The maximum Gasteiger partial charge on any atom is 0.255 e. The molecule has 29 heavy (non-hydrogen) atoms. The molecule has 1 aromatic heterocycles. The van der Waals surface area contributed by atoms with Gasteiger partial charge in [0.15, 0.2) is 0 Å². The Morgan fingerprint density at radius 2 is 1.83 bits per heavy atom. The lowest BCUT2D eigenvalue weighted by Gasteiger charge is -2.20. The number of carbonyl (C=O) groups excluding carboxylic acids is 1. The summed E-state index contributed by atoms with van der Waals surface area (Å²) in [6.45, 7) is 4.32. The zero-order valence-corrected chi connectivity index (χ0v) is 16.3. The molecule has 1 amide bonds. The minimum absolute atomic E-state index is 0.118. The molecule has 0 spiro atoms. The lowest BCUT2D eigenvalue weighted by atomic mass is 10.0. The molecule has 0 fully saturated rings. The van der Waals surface area contributed by atoms with Crippen molar-refractivity contribution in [1.82, 2.24) is 15.0 Å². The molecule has 4 aromatic rings. The van der Waals surface area contributed by atoms with Crippen LogP contribution in [0.15, 0.2) is 83.9 Å². The van der Waals surface area contributed by atoms with Crippen LogP contribution in [0.2, 0.25) is 5.02 Å². The van der Waals surface area contributed by atoms with Gasteiger partial charge in [0.1, 0.15) is 6.54 Å². The van der Waals surface area contributed by atoms with Gasteiger partial charge < -0.3 is 9.42 Å². The quantitative estimate of drug-likeness (QED) is 0.406. The first-order valence-electron chi connectivity index (χ1n) is 9.12. The van der Waals surface area contributed by atoms with Gasteiger partial charge in [-0.3, -0.25) is 4.79 Å². The van der Waals surface area contributed by atoms with Crippen molar-refractivity contribution in [3.05, 3.63) is 95.9 Å². The summed E-state index contributed by atoms with van der Waals surface area (Å²) >= 11 is 5.92. The van der Waals surface area contributed by atoms with E-state index in [0.717, 1.165) is 16.3 Å². The number of aromatic nitrogens is 2. The van der Waals surface area contributed by atoms with Gasteiger partial charge in [-0.05, 0) is 41.1 Å². The molecular weight excluding hydrogens is 386 g/mol. The highest BCUT2D eigenvalue weighted by Gasteiger charge is 2.20. The summed E-state index contributed by atoms with van der Waals surface area (Å²) in [7, 11) is 0. The average molecular weight is 404 g/mol. The van der Waals surface area contributed by atoms with E-state index in [2.05, 4.69) is 16.7 Å². The molecule has 0 N–H and O–H groups in total. The number of benzene rings is 3. The minimum atomic E-state index is -0.118. The molecule has 5 nitrogen and oxygen atoms in total. The van der Waals surface area contributed by atoms with Gasteiger partial charge >= 0.3 is 0 Å². The van der Waals surface area contributed by atoms with Gasteiger partial charge in [-0.15, -0.1) is 6.58 Å². The lowest BCUT2D eigenvalue weighted by molar-refractivity contribution is 0.0747. The number of fused-ring (bicyclic) bond motifs is 1. The van der Waals surface area contributed by atoms with E-state index in [-0.39, 0.29) is 12.5 Å². The van der Waals surface area contributed by atoms with Crippen LogP contribution < -0.4 is 0 Å². The summed E-state index contributed by atoms with van der Waals surface area (Å²) in [6.07, 6.45) is 1.68. The van der Waals surface area contributed by atoms with Crippen molar-refractivity contribution < 1.29 is 9.32 Å². The van der Waals surface area contributed by atoms with Crippen molar-refractivity contribution in [2.24, 2.45) is 0 Å². The first kappa shape index (κ1) is 18.9. The summed E-state index contributed by atoms with van der Waals surface area (Å²) in [6, 6.07) is 20.7. The number of hydrogen-bond acceptors (Lipinski definition) is 4. The SMILES string of the molecule is C=CCN(Cc1nc(-c2ccc(Cl)cc2)no1)C(=O)c1cccc2ccccc12. The molecule has 6 heteroatoms. The Kier molecular flexibility index (Phi) is 5.40. The van der Waals surface area contributed by atoms with E-state index in [1.807, 2.05) is 54.6 Å². The molecule has 3 aromatic carbocycles. The van der Waals surface area contributed by atoms with E-state index in [1.165, 1.54) is 0 Å². The molecule has 0 atom stereocenters. The van der Waals surface area contributed by atoms with Crippen LogP contribution >= 0.6 is 11.6 Å². The fraction of sp³-hybridized carbons (Fsp3) is 0.0870. The molecule has 0 unspecified atom stereocenters. The number of carbonyl (C=O) groups is 1. The third-order valence-corrected chi connectivity index (χ3v) is 4.81. The Bertz CT molecular complexity index is 1160. The van der Waals surface area contributed by atoms with Gasteiger partial charge in [0, 0.05) is 22.7 Å². The van der Waals surface area contributed by atoms with Crippen LogP contribution in [0, 0.1) is 0 Å². The Hall–Kier alpha value is -3.44. The Labute approximate surface area is 173 Å². The predicted octanol–water partition coefficient (Wildman–Crippen LogP) is 5.37. The first-order chi connectivity index (χ1) is 14.2. The van der Waals surface area contributed by atoms with Gasteiger partial charge in [-0.2, -0.15) is 4.98 Å². The molecule has 0 aliphatic carbocycles. The van der Waals surface area contributed by atoms with Crippen LogP contribution in [-0.2, 0) is 6.54 Å². The van der Waals surface area contributed by atoms with Crippen molar-refractivity contribution in [3.63, 3.8) is 0 Å². The van der Waals surface area contributed by atoms with E-state index >= 15 is 0 Å². The van der Waals surface area contributed by atoms with Crippen LogP contribution in [0.25, 0.3) is 22.2 Å². The van der Waals surface area contributed by atoms with Gasteiger partial charge in [-0.25, -0.2) is 0 Å². The first-order valence-corrected chi connectivity index (χ1v) is 9.50. The lowest BCUT2D eigenvalue weighted by Crippen LogP contribution is -2.31. The minimum Gasteiger partial charge on any atom is -0.337 e. The summed E-state index contributed by atoms with van der Waals surface area (Å²) in [5, 5.41) is 6.57. The standard InChI is InChI=1S/C23H18ClN3O2/c1-2-14-27(23(28)20-9-5-7-16-6-3-4-8-19(16)20)15-21-25-22(26-29-21)17-10-12-18(24)13-11-17/h2-13H,1,14-15H2. The molecular formula is C23H18ClN3O2. The van der Waals surface area contributed by atoms with Crippen molar-refractivity contribution in [2.75, 3.05) is 6.54 Å². The van der Waals surface area contributed by atoms with E-state index in [9.17, 15) is 4.79 Å². The van der Waals surface area contributed by atoms with Gasteiger partial charge in [0.2, 0.25) is 11.7 Å². The van der Waals surface area contributed by atoms with E-state index in [4.69, 9.17) is 16.1 Å². The second kappa shape index (κ2) is 8.29. The number of halogens is 1. The van der Waals surface area contributed by atoms with Crippen molar-refractivity contribution in [1.29, 1.82) is 0 Å². The van der Waals surface area contributed by atoms with Gasteiger partial charge in [-0.1, -0.05) is 59.2 Å². The molecule has 0 saturated carbocycles. The zero-order chi connectivity index (χ0) is 20.2. The third kappa shape index (κ3) is 4.05. The number of nitrogens with zero attached hydrogens (tertiary/aromatic N) is 3. The highest BCUT2D eigenvalue weighted by Crippen LogP contribution is 2.22. The largest absolute Gasteiger partial charge is 0.337 e. The summed E-state index contributed by atoms with van der Waals surface area (Å²) in [5.74, 6) is 0.686. The predicted molar refractivity (Wildman–Crippen MR) is 114 cm³/mol. The zero-order valence-electron chi connectivity index (χ0n) is 15.6. The maximum atomic E-state index is 13.2. The average Bonchev–Trinajstić information content (AvgIpc) is 3.21. The van der Waals surface area contributed by atoms with Crippen molar-refractivity contribution in [3.8, 4) is 11.4 Å². The maximum absolute atomic E-state index is 13.2. The molecule has 0 saturated heterocycles. The fourth-order valence-corrected chi connectivity index (χ4v) is 3.28. The Morgan fingerprint density at radius 1 is 1.07 bits per heavy atom. The van der Waals surface area contributed by atoms with Crippen LogP contribution in [0.3, 0.4) is 0 Å². The highest BCUT2D eigenvalue weighted by atomic mass is 35.5. The normalized spacial score (nSPS) is 10.8. The molecule has 0 aliphatic rings. The molecule has 0 aliphatic heterocycles. The molecule has 0 radical (unpaired) electrons. The van der Waals surface area contributed by atoms with Crippen LogP contribution in [0.1, 0.15) is 16.2 Å². The molecule has 0 bridgehead atoms. The van der Waals surface area contributed by atoms with Gasteiger partial charge in [0.25, 0.3) is 5.91 Å². The summed E-state index contributed by atoms with van der Waals surface area (Å²) in [5.41, 5.74) is 1.42. The van der Waals surface area contributed by atoms with E-state index in [1.54, 1.807) is 23.1 Å². The van der Waals surface area contributed by atoms with Crippen molar-refractivity contribution >= 4 is 28.3 Å². The third-order valence-electron chi connectivity index (χ3n) is 4.55. The number of hydrogen-bond donors (Lipinski definition) is 0. The molecule has 144 valence electrons. The Balaban J connectivity index is 1.60. The summed E-state index contributed by atoms with van der Waals surface area (Å²) in [4.78, 5) is 19.3. The van der Waals surface area contributed by atoms with Crippen LogP contribution in [0.5, 0.6) is 0 Å². The Morgan fingerprint density at radius 3 is 2.62 bits per heavy atom. The topological polar surface area (TPSA) is 59.2 Å². The van der Waals surface area contributed by atoms with Crippen molar-refractivity contribution in [2.45, 2.75) is 6.54 Å². The monoisotopic (exact) mass is 403 g/mol. The number of rotatable bonds is 6. The molecule has 1 heterocycles. The van der Waals surface area contributed by atoms with Crippen LogP contribution in [-0.4, -0.2) is 27.5 Å². The summed E-state index contributed by atoms with van der Waals surface area (Å²) < 4.78 is 5.38. The second-order valence-corrected chi connectivity index (χ2v) is 6.96. The van der Waals surface area contributed by atoms with Gasteiger partial charge in [0.05, 0.1) is 0 Å².